The van der Waals surface area contributed by atoms with Crippen LogP contribution in [0.3, 0.4) is 0 Å². The fourth-order valence-electron chi connectivity index (χ4n) is 1.32. The van der Waals surface area contributed by atoms with Gasteiger partial charge in [-0.25, -0.2) is 0 Å². The fraction of sp³-hybridized carbons (Fsp3) is 0.923. The minimum atomic E-state index is -3.62. The van der Waals surface area contributed by atoms with E-state index in [0.717, 1.165) is 0 Å². The van der Waals surface area contributed by atoms with E-state index < -0.39 is 24.3 Å². The summed E-state index contributed by atoms with van der Waals surface area (Å²) < 4.78 is 23.6. The Bertz CT molecular complexity index is 240. The molecule has 0 spiro atoms. The molecule has 0 radical (unpaired) electrons. The molecule has 0 aromatic carbocycles. The summed E-state index contributed by atoms with van der Waals surface area (Å²) in [4.78, 5) is 8.33. The van der Waals surface area contributed by atoms with Crippen molar-refractivity contribution in [1.82, 2.24) is 0 Å². The van der Waals surface area contributed by atoms with E-state index in [9.17, 15) is 0 Å². The number of carboxylic acid groups (broad SMARTS) is 2. The molecule has 23 heavy (non-hydrogen) atoms. The Hall–Kier alpha value is 3.10. The van der Waals surface area contributed by atoms with Crippen molar-refractivity contribution in [3.8, 4) is 0 Å². The van der Waals surface area contributed by atoms with Crippen LogP contribution in [0.1, 0.15) is 55.4 Å². The van der Waals surface area contributed by atoms with Crippen LogP contribution in [0, 0.1) is 0 Å². The summed E-state index contributed by atoms with van der Waals surface area (Å²) in [5.74, 6) is 0. The molecule has 0 aliphatic rings. The Morgan fingerprint density at radius 1 is 0.652 bits per heavy atom. The smallest absolute Gasteiger partial charge is 0.652 e. The van der Waals surface area contributed by atoms with Gasteiger partial charge >= 0.3 is 214 Å². The summed E-state index contributed by atoms with van der Waals surface area (Å²) in [6.45, 7) is 15.8. The Morgan fingerprint density at radius 2 is 0.783 bits per heavy atom. The minimum Gasteiger partial charge on any atom is -0.652 e. The van der Waals surface area contributed by atoms with Crippen LogP contribution in [0.15, 0.2) is 0 Å². The zero-order valence-electron chi connectivity index (χ0n) is 16.2. The molecule has 0 N–H and O–H groups in total. The Kier molecular flexibility index (Phi) is 27.0. The second kappa shape index (κ2) is 18.5. The topological polar surface area (TPSA) is 100 Å². The average Bonchev–Trinajstić information content (AvgIpc) is 2.08. The number of rotatable bonds is 8. The molecule has 7 nitrogen and oxygen atoms in total. The van der Waals surface area contributed by atoms with Gasteiger partial charge in [-0.2, -0.15) is 0 Å². The first-order valence-corrected chi connectivity index (χ1v) is 9.54. The third-order valence-electron chi connectivity index (χ3n) is 1.52. The van der Waals surface area contributed by atoms with Crippen LogP contribution in [0.4, 0.5) is 4.79 Å². The van der Waals surface area contributed by atoms with Gasteiger partial charge in [-0.1, -0.05) is 0 Å². The molecular formula is C13H28K2O7Ti. The summed E-state index contributed by atoms with van der Waals surface area (Å²) in [7, 11) is 0. The van der Waals surface area contributed by atoms with Crippen LogP contribution in [0.2, 0.25) is 0 Å². The number of carbonyl (C=O) groups excluding carboxylic acids is 1. The van der Waals surface area contributed by atoms with Gasteiger partial charge in [-0.3, -0.25) is 0 Å². The number of hydrogen-bond acceptors (Lipinski definition) is 7. The summed E-state index contributed by atoms with van der Waals surface area (Å²) in [5, 5.41) is 16.7. The molecule has 0 atom stereocenters. The third kappa shape index (κ3) is 25.1. The first kappa shape index (κ1) is 33.7. The average molecular weight is 422 g/mol. The third-order valence-corrected chi connectivity index (χ3v) is 6.27. The van der Waals surface area contributed by atoms with Crippen molar-refractivity contribution >= 4 is 6.16 Å². The van der Waals surface area contributed by atoms with E-state index in [4.69, 9.17) is 28.3 Å². The largest absolute Gasteiger partial charge is 1.00 e. The van der Waals surface area contributed by atoms with E-state index in [1.807, 2.05) is 55.4 Å². The molecular weight excluding hydrogens is 394 g/mol. The van der Waals surface area contributed by atoms with E-state index in [2.05, 4.69) is 0 Å². The van der Waals surface area contributed by atoms with Crippen LogP contribution in [0.25, 0.3) is 0 Å². The van der Waals surface area contributed by atoms with E-state index in [1.165, 1.54) is 0 Å². The molecule has 128 valence electrons. The normalized spacial score (nSPS) is 11.0. The summed E-state index contributed by atoms with van der Waals surface area (Å²) in [6, 6.07) is 0. The maximum absolute atomic E-state index is 8.33. The van der Waals surface area contributed by atoms with Crippen LogP contribution in [-0.2, 0) is 31.4 Å². The minimum absolute atomic E-state index is 0. The maximum Gasteiger partial charge on any atom is 1.00 e. The second-order valence-corrected chi connectivity index (χ2v) is 8.45. The van der Waals surface area contributed by atoms with E-state index >= 15 is 0 Å². The van der Waals surface area contributed by atoms with Crippen molar-refractivity contribution in [2.45, 2.75) is 79.8 Å². The molecule has 0 fully saturated rings. The molecule has 0 aliphatic heterocycles. The first-order valence-electron chi connectivity index (χ1n) is 6.99. The van der Waals surface area contributed by atoms with Crippen LogP contribution in [0.5, 0.6) is 0 Å². The van der Waals surface area contributed by atoms with Crippen LogP contribution in [-0.4, -0.2) is 30.6 Å². The predicted molar refractivity (Wildman–Crippen MR) is 70.3 cm³/mol. The molecule has 0 saturated heterocycles. The predicted octanol–water partition coefficient (Wildman–Crippen LogP) is -4.94. The number of hydrogen-bond donors (Lipinski definition) is 0. The molecule has 0 amide bonds. The van der Waals surface area contributed by atoms with Crippen LogP contribution < -0.4 is 113 Å². The maximum atomic E-state index is 8.33. The van der Waals surface area contributed by atoms with Gasteiger partial charge in [-0.15, -0.1) is 0 Å². The Morgan fingerprint density at radius 3 is 0.870 bits per heavy atom. The molecule has 0 rings (SSSR count). The van der Waals surface area contributed by atoms with Gasteiger partial charge in [0.05, 0.1) is 0 Å². The van der Waals surface area contributed by atoms with Gasteiger partial charge in [0.15, 0.2) is 0 Å². The van der Waals surface area contributed by atoms with Crippen molar-refractivity contribution in [3.05, 3.63) is 0 Å². The zero-order valence-corrected chi connectivity index (χ0v) is 24.0. The van der Waals surface area contributed by atoms with E-state index in [1.54, 1.807) is 0 Å². The first-order chi connectivity index (χ1) is 9.40. The molecule has 0 aliphatic carbocycles. The number of carbonyl (C=O) groups is 1. The molecule has 0 bridgehead atoms. The van der Waals surface area contributed by atoms with Gasteiger partial charge in [0, 0.05) is 0 Å². The Balaban J connectivity index is -0.000000268. The van der Waals surface area contributed by atoms with Crippen molar-refractivity contribution in [3.63, 3.8) is 0 Å². The molecule has 0 saturated carbocycles. The quantitative estimate of drug-likeness (QED) is 0.362. The second-order valence-electron chi connectivity index (χ2n) is 5.42. The Labute approximate surface area is 230 Å². The summed E-state index contributed by atoms with van der Waals surface area (Å²) >= 11 is -3.62. The molecule has 0 aromatic heterocycles. The monoisotopic (exact) mass is 422 g/mol. The van der Waals surface area contributed by atoms with Gasteiger partial charge < -0.3 is 15.0 Å². The zero-order chi connectivity index (χ0) is 17.2. The standard InChI is InChI=1S/4C3H7O.CH2O3.2K.Ti/c4*1-3(2)4;2-1(3)4;;;/h4*3H,1-2H3;(H2,2,3,4);;;/q4*-1;;2*+1;+4/p-2. The summed E-state index contributed by atoms with van der Waals surface area (Å²) in [5.41, 5.74) is 0. The van der Waals surface area contributed by atoms with Crippen LogP contribution >= 0.6 is 0 Å². The van der Waals surface area contributed by atoms with Crippen molar-refractivity contribution in [2.75, 3.05) is 0 Å². The fourth-order valence-corrected chi connectivity index (χ4v) is 5.45. The molecule has 0 aromatic rings. The van der Waals surface area contributed by atoms with Gasteiger partial charge in [0.1, 0.15) is 0 Å². The van der Waals surface area contributed by atoms with Gasteiger partial charge in [0.2, 0.25) is 0 Å². The van der Waals surface area contributed by atoms with Crippen molar-refractivity contribution in [1.29, 1.82) is 0 Å². The molecule has 0 unspecified atom stereocenters. The van der Waals surface area contributed by atoms with E-state index in [-0.39, 0.29) is 127 Å². The van der Waals surface area contributed by atoms with Crippen molar-refractivity contribution < 1.29 is 149 Å². The van der Waals surface area contributed by atoms with Gasteiger partial charge in [-0.05, 0) is 6.16 Å². The molecule has 0 heterocycles. The summed E-state index contributed by atoms with van der Waals surface area (Å²) in [6.07, 6.45) is -2.20. The SMILES string of the molecule is CC(C)[O][Ti]([O]C(C)C)([O]C(C)C)[O]C(C)C.O=C([O-])[O-].[K+].[K+]. The van der Waals surface area contributed by atoms with Gasteiger partial charge in [0.25, 0.3) is 0 Å². The van der Waals surface area contributed by atoms with E-state index in [0.29, 0.717) is 0 Å². The van der Waals surface area contributed by atoms with Crippen molar-refractivity contribution in [2.24, 2.45) is 0 Å². The molecule has 10 heteroatoms.